The van der Waals surface area contributed by atoms with Gasteiger partial charge >= 0.3 is 18.0 Å². The Bertz CT molecular complexity index is 3030. The average molecular weight is 999 g/mol. The number of benzene rings is 2. The molecule has 0 unspecified atom stereocenters. The lowest BCUT2D eigenvalue weighted by Crippen LogP contribution is -2.61. The smallest absolute Gasteiger partial charge is 0.407 e. The largest absolute Gasteiger partial charge is 0.486 e. The van der Waals surface area contributed by atoms with Crippen molar-refractivity contribution in [2.75, 3.05) is 31.6 Å². The number of cyclic esters (lactones) is 1. The van der Waals surface area contributed by atoms with Gasteiger partial charge in [0.15, 0.2) is 23.2 Å². The Balaban J connectivity index is 0.930. The lowest BCUT2D eigenvalue weighted by Gasteiger charge is -2.38. The number of pyridine rings is 2. The van der Waals surface area contributed by atoms with Crippen molar-refractivity contribution < 1.29 is 87.5 Å². The highest BCUT2D eigenvalue weighted by molar-refractivity contribution is 6.13. The second-order valence-corrected chi connectivity index (χ2v) is 17.2. The minimum atomic E-state index is -2.06. The number of aromatic nitrogens is 2. The summed E-state index contributed by atoms with van der Waals surface area (Å²) in [5, 5.41) is 60.5. The normalized spacial score (nSPS) is 22.7. The minimum Gasteiger partial charge on any atom is -0.486 e. The van der Waals surface area contributed by atoms with E-state index in [1.807, 2.05) is 0 Å². The van der Waals surface area contributed by atoms with Crippen LogP contribution in [0.15, 0.2) is 53.3 Å². The number of carbonyl (C=O) groups excluding carboxylic acids is 6. The zero-order valence-electron chi connectivity index (χ0n) is 38.1. The molecule has 0 bridgehead atoms. The first-order chi connectivity index (χ1) is 34.5. The number of amides is 5. The third kappa shape index (κ3) is 9.14. The predicted octanol–water partition coefficient (Wildman–Crippen LogP) is -0.692. The molecule has 6 atom stereocenters. The van der Waals surface area contributed by atoms with Crippen molar-refractivity contribution >= 4 is 58.3 Å². The number of imide groups is 1. The third-order valence-electron chi connectivity index (χ3n) is 12.8. The molecule has 0 saturated carbocycles. The first-order valence-corrected chi connectivity index (χ1v) is 22.6. The molecule has 0 spiro atoms. The number of hydrogen-bond acceptors (Lipinski definition) is 19. The van der Waals surface area contributed by atoms with E-state index in [0.29, 0.717) is 44.9 Å². The summed E-state index contributed by atoms with van der Waals surface area (Å²) in [4.78, 5) is 107. The Morgan fingerprint density at radius 1 is 0.889 bits per heavy atom. The molecular formula is C47H46N6O19. The molecule has 5 amide bonds. The quantitative estimate of drug-likeness (QED) is 0.0475. The molecule has 25 heteroatoms. The number of aliphatic hydroxyl groups is 4. The average Bonchev–Trinajstić information content (AvgIpc) is 3.90. The van der Waals surface area contributed by atoms with Crippen molar-refractivity contribution in [2.24, 2.45) is 0 Å². The number of nitrogens with zero attached hydrogens (tertiary/aromatic N) is 3. The fraction of sp³-hybridized carbons (Fsp3) is 0.383. The summed E-state index contributed by atoms with van der Waals surface area (Å²) in [7, 11) is 0. The van der Waals surface area contributed by atoms with Gasteiger partial charge in [-0.2, -0.15) is 0 Å². The summed E-state index contributed by atoms with van der Waals surface area (Å²) < 4.78 is 35.2. The Morgan fingerprint density at radius 3 is 2.40 bits per heavy atom. The van der Waals surface area contributed by atoms with Crippen molar-refractivity contribution in [1.82, 2.24) is 25.1 Å². The van der Waals surface area contributed by atoms with Gasteiger partial charge in [0.2, 0.25) is 18.1 Å². The summed E-state index contributed by atoms with van der Waals surface area (Å²) in [5.74, 6) is -4.36. The Morgan fingerprint density at radius 2 is 1.65 bits per heavy atom. The van der Waals surface area contributed by atoms with E-state index in [-0.39, 0.29) is 93.4 Å². The van der Waals surface area contributed by atoms with E-state index in [2.05, 4.69) is 16.0 Å². The Hall–Kier alpha value is -7.97. The van der Waals surface area contributed by atoms with Crippen LogP contribution in [-0.2, 0) is 74.9 Å². The molecule has 5 aliphatic heterocycles. The van der Waals surface area contributed by atoms with Gasteiger partial charge < -0.3 is 74.5 Å². The monoisotopic (exact) mass is 998 g/mol. The number of alkyl carbamates (subject to hydrolysis) is 1. The first-order valence-electron chi connectivity index (χ1n) is 22.6. The standard InChI is InChI=1S/C47H46N6O19/c1-2-47(66)25-16-28-36-23(18-53(28)42(61)24(25)20-69-45(47)64)22(35-26(51-36)4-6-30-40(35)68-14-13-67-30)17-49-46(65)70-19-21-3-5-29(71-44-39(60)37(58)38(59)41(72-44)43(62)63)27(15-21)50-32(55)9-11-48-31(54)10-12-52-33(56)7-8-34(52)57/h3-8,15-16,37-39,41,44,58-60,66H,2,9-14,17-20H2,1H3,(H,48,54)(H,49,65)(H,50,55)(H,62,63)/t37-,38-,39+,41-,44+,47-/m0/s1. The van der Waals surface area contributed by atoms with Gasteiger partial charge in [-0.15, -0.1) is 0 Å². The van der Waals surface area contributed by atoms with Crippen molar-refractivity contribution in [2.45, 2.75) is 88.8 Å². The van der Waals surface area contributed by atoms with Crippen LogP contribution in [0.3, 0.4) is 0 Å². The lowest BCUT2D eigenvalue weighted by molar-refractivity contribution is -0.271. The molecule has 4 aromatic rings. The number of carbonyl (C=O) groups is 7. The molecule has 8 N–H and O–H groups in total. The van der Waals surface area contributed by atoms with Crippen LogP contribution < -0.4 is 35.7 Å². The highest BCUT2D eigenvalue weighted by Crippen LogP contribution is 2.45. The zero-order chi connectivity index (χ0) is 51.2. The molecule has 0 aliphatic carbocycles. The van der Waals surface area contributed by atoms with E-state index in [0.717, 1.165) is 17.1 Å². The van der Waals surface area contributed by atoms with E-state index >= 15 is 0 Å². The summed E-state index contributed by atoms with van der Waals surface area (Å²) in [6, 6.07) is 8.94. The number of aliphatic carboxylic acids is 1. The third-order valence-corrected chi connectivity index (χ3v) is 12.8. The van der Waals surface area contributed by atoms with Gasteiger partial charge in [0, 0.05) is 55.8 Å². The maximum absolute atomic E-state index is 14.0. The fourth-order valence-electron chi connectivity index (χ4n) is 8.94. The summed E-state index contributed by atoms with van der Waals surface area (Å²) in [6.45, 7) is 0.750. The minimum absolute atomic E-state index is 0.00941. The van der Waals surface area contributed by atoms with Crippen molar-refractivity contribution in [3.05, 3.63) is 86.7 Å². The van der Waals surface area contributed by atoms with Gasteiger partial charge in [-0.3, -0.25) is 28.9 Å². The highest BCUT2D eigenvalue weighted by Gasteiger charge is 2.49. The maximum Gasteiger partial charge on any atom is 0.407 e. The Labute approximate surface area is 405 Å². The second-order valence-electron chi connectivity index (χ2n) is 17.2. The highest BCUT2D eigenvalue weighted by atomic mass is 16.7. The maximum atomic E-state index is 14.0. The van der Waals surface area contributed by atoms with E-state index in [4.69, 9.17) is 33.4 Å². The van der Waals surface area contributed by atoms with E-state index < -0.39 is 90.1 Å². The molecule has 2 aromatic carbocycles. The van der Waals surface area contributed by atoms with Gasteiger partial charge in [0.05, 0.1) is 40.1 Å². The lowest BCUT2D eigenvalue weighted by atomic mass is 9.86. The molecule has 1 saturated heterocycles. The van der Waals surface area contributed by atoms with Crippen LogP contribution in [0, 0.1) is 0 Å². The molecular weight excluding hydrogens is 953 g/mol. The molecule has 5 aliphatic rings. The molecule has 25 nitrogen and oxygen atoms in total. The van der Waals surface area contributed by atoms with Crippen LogP contribution in [0.4, 0.5) is 10.5 Å². The number of anilines is 1. The number of esters is 1. The van der Waals surface area contributed by atoms with Crippen LogP contribution in [0.2, 0.25) is 0 Å². The van der Waals surface area contributed by atoms with Gasteiger partial charge in [0.25, 0.3) is 17.4 Å². The molecule has 0 radical (unpaired) electrons. The summed E-state index contributed by atoms with van der Waals surface area (Å²) >= 11 is 0. The number of carboxylic acid groups (broad SMARTS) is 1. The molecule has 378 valence electrons. The van der Waals surface area contributed by atoms with Gasteiger partial charge in [-0.25, -0.2) is 19.4 Å². The predicted molar refractivity (Wildman–Crippen MR) is 241 cm³/mol. The van der Waals surface area contributed by atoms with Gasteiger partial charge in [-0.05, 0) is 47.9 Å². The fourth-order valence-corrected chi connectivity index (χ4v) is 8.94. The van der Waals surface area contributed by atoms with Crippen LogP contribution >= 0.6 is 0 Å². The molecule has 72 heavy (non-hydrogen) atoms. The number of rotatable bonds is 15. The second kappa shape index (κ2) is 19.7. The molecule has 1 fully saturated rings. The van der Waals surface area contributed by atoms with Crippen molar-refractivity contribution in [3.63, 3.8) is 0 Å². The molecule has 9 rings (SSSR count). The number of fused-ring (bicyclic) bond motifs is 7. The molecule has 2 aromatic heterocycles. The first kappa shape index (κ1) is 49.0. The zero-order valence-corrected chi connectivity index (χ0v) is 38.1. The summed E-state index contributed by atoms with van der Waals surface area (Å²) in [6.07, 6.45) is -9.26. The van der Waals surface area contributed by atoms with Crippen LogP contribution in [-0.4, -0.2) is 139 Å². The Kier molecular flexibility index (Phi) is 13.4. The van der Waals surface area contributed by atoms with Gasteiger partial charge in [0.1, 0.15) is 50.5 Å². The van der Waals surface area contributed by atoms with E-state index in [1.165, 1.54) is 22.8 Å². The number of aliphatic hydroxyl groups excluding tert-OH is 3. The molecule has 7 heterocycles. The van der Waals surface area contributed by atoms with Crippen LogP contribution in [0.25, 0.3) is 22.3 Å². The number of ether oxygens (including phenoxy) is 6. The summed E-state index contributed by atoms with van der Waals surface area (Å²) in [5.41, 5.74) is -0.0249. The van der Waals surface area contributed by atoms with Crippen LogP contribution in [0.5, 0.6) is 17.2 Å². The number of hydrogen-bond donors (Lipinski definition) is 8. The number of carboxylic acids is 1. The van der Waals surface area contributed by atoms with Crippen molar-refractivity contribution in [3.8, 4) is 28.6 Å². The number of nitrogens with one attached hydrogen (secondary N) is 3. The topological polar surface area (TPSA) is 350 Å². The SMILES string of the molecule is CC[C@@]1(O)C(=O)OCc2c1cc1n(c2=O)Cc2c-1nc1ccc3c(c1c2CNC(=O)OCc1ccc(O[C@@H]2O[C@H](C(=O)O)[C@@H](O)[C@H](O)[C@H]2O)c(NC(=O)CCNC(=O)CCN2C(=O)C=CC2=O)c1)OCCO3. The van der Waals surface area contributed by atoms with E-state index in [1.54, 1.807) is 25.1 Å². The van der Waals surface area contributed by atoms with Gasteiger partial charge in [-0.1, -0.05) is 13.0 Å². The van der Waals surface area contributed by atoms with E-state index in [9.17, 15) is 63.9 Å². The van der Waals surface area contributed by atoms with Crippen molar-refractivity contribution in [1.29, 1.82) is 0 Å². The van der Waals surface area contributed by atoms with Crippen LogP contribution in [0.1, 0.15) is 54.0 Å².